The Morgan fingerprint density at radius 1 is 1.67 bits per heavy atom. The molecule has 0 spiro atoms. The fraction of sp³-hybridized carbons (Fsp3) is 0. The van der Waals surface area contributed by atoms with Gasteiger partial charge in [0.25, 0.3) is 5.91 Å². The minimum atomic E-state index is -0.471. The summed E-state index contributed by atoms with van der Waals surface area (Å²) < 4.78 is 0. The van der Waals surface area contributed by atoms with Crippen LogP contribution in [0.5, 0.6) is 0 Å². The molecule has 1 heterocycles. The first-order valence-corrected chi connectivity index (χ1v) is 3.55. The number of carbonyl (C=O) groups excluding carboxylic acids is 1. The van der Waals surface area contributed by atoms with Crippen molar-refractivity contribution in [2.45, 2.75) is 0 Å². The number of hydrogen-bond acceptors (Lipinski definition) is 2. The molecule has 2 nitrogen and oxygen atoms in total. The van der Waals surface area contributed by atoms with Gasteiger partial charge in [-0.1, -0.05) is 11.6 Å². The molecule has 0 aliphatic heterocycles. The van der Waals surface area contributed by atoms with Crippen LogP contribution in [-0.4, -0.2) is 5.91 Å². The smallest absolute Gasteiger partial charge is 0.251 e. The molecule has 1 aromatic heterocycles. The molecule has 1 amide bonds. The lowest BCUT2D eigenvalue weighted by Crippen LogP contribution is -2.09. The third-order valence-corrected chi connectivity index (χ3v) is 2.07. The summed E-state index contributed by atoms with van der Waals surface area (Å²) in [6.45, 7) is 0. The van der Waals surface area contributed by atoms with Gasteiger partial charge in [0, 0.05) is 10.8 Å². The normalized spacial score (nSPS) is 9.44. The molecule has 0 aliphatic carbocycles. The average Bonchev–Trinajstić information content (AvgIpc) is 2.13. The van der Waals surface area contributed by atoms with E-state index in [9.17, 15) is 4.79 Å². The standard InChI is InChI=1S/C5H4ClNOS/c6-4-2-9-1-3(4)5(7)8/h1-2H,(H2,7,8). The first-order chi connectivity index (χ1) is 4.22. The zero-order valence-corrected chi connectivity index (χ0v) is 6.00. The van der Waals surface area contributed by atoms with E-state index in [0.717, 1.165) is 0 Å². The summed E-state index contributed by atoms with van der Waals surface area (Å²) in [4.78, 5) is 10.4. The van der Waals surface area contributed by atoms with E-state index in [0.29, 0.717) is 10.6 Å². The van der Waals surface area contributed by atoms with Crippen LogP contribution in [0.25, 0.3) is 0 Å². The van der Waals surface area contributed by atoms with E-state index in [1.54, 1.807) is 10.8 Å². The van der Waals surface area contributed by atoms with Gasteiger partial charge in [-0.3, -0.25) is 4.79 Å². The summed E-state index contributed by atoms with van der Waals surface area (Å²) in [5.74, 6) is -0.471. The molecule has 1 rings (SSSR count). The molecule has 48 valence electrons. The number of halogens is 1. The van der Waals surface area contributed by atoms with Crippen LogP contribution in [0.15, 0.2) is 10.8 Å². The molecular weight excluding hydrogens is 158 g/mol. The van der Waals surface area contributed by atoms with E-state index in [1.165, 1.54) is 11.3 Å². The Morgan fingerprint density at radius 2 is 2.33 bits per heavy atom. The molecule has 0 aliphatic rings. The van der Waals surface area contributed by atoms with Crippen LogP contribution in [0.4, 0.5) is 0 Å². The van der Waals surface area contributed by atoms with Crippen LogP contribution >= 0.6 is 22.9 Å². The summed E-state index contributed by atoms with van der Waals surface area (Å²) in [6.07, 6.45) is 0. The van der Waals surface area contributed by atoms with Crippen LogP contribution < -0.4 is 5.73 Å². The molecule has 0 saturated carbocycles. The lowest BCUT2D eigenvalue weighted by molar-refractivity contribution is 0.100. The Hall–Kier alpha value is -0.540. The zero-order valence-electron chi connectivity index (χ0n) is 4.43. The van der Waals surface area contributed by atoms with Crippen molar-refractivity contribution >= 4 is 28.8 Å². The number of hydrogen-bond donors (Lipinski definition) is 1. The van der Waals surface area contributed by atoms with Crippen LogP contribution in [0.3, 0.4) is 0 Å². The maximum atomic E-state index is 10.4. The number of thiophene rings is 1. The predicted octanol–water partition coefficient (Wildman–Crippen LogP) is 1.50. The SMILES string of the molecule is NC(=O)c1cscc1Cl. The number of amides is 1. The van der Waals surface area contributed by atoms with Gasteiger partial charge in [-0.2, -0.15) is 0 Å². The molecular formula is C5H4ClNOS. The van der Waals surface area contributed by atoms with E-state index in [2.05, 4.69) is 0 Å². The molecule has 0 radical (unpaired) electrons. The summed E-state index contributed by atoms with van der Waals surface area (Å²) in [5.41, 5.74) is 5.35. The van der Waals surface area contributed by atoms with Crippen molar-refractivity contribution < 1.29 is 4.79 Å². The van der Waals surface area contributed by atoms with Gasteiger partial charge in [0.05, 0.1) is 10.6 Å². The maximum Gasteiger partial charge on any atom is 0.251 e. The monoisotopic (exact) mass is 161 g/mol. The number of rotatable bonds is 1. The van der Waals surface area contributed by atoms with Gasteiger partial charge in [0.2, 0.25) is 0 Å². The van der Waals surface area contributed by atoms with Crippen LogP contribution in [0, 0.1) is 0 Å². The van der Waals surface area contributed by atoms with Gasteiger partial charge in [-0.05, 0) is 0 Å². The highest BCUT2D eigenvalue weighted by molar-refractivity contribution is 7.08. The minimum absolute atomic E-state index is 0.404. The molecule has 0 atom stereocenters. The molecule has 1 aromatic rings. The lowest BCUT2D eigenvalue weighted by Gasteiger charge is -1.85. The Kier molecular flexibility index (Phi) is 1.73. The second-order valence-corrected chi connectivity index (χ2v) is 2.65. The Morgan fingerprint density at radius 3 is 2.56 bits per heavy atom. The Balaban J connectivity index is 3.08. The molecule has 0 unspecified atom stereocenters. The molecule has 2 N–H and O–H groups in total. The predicted molar refractivity (Wildman–Crippen MR) is 37.8 cm³/mol. The van der Waals surface area contributed by atoms with Gasteiger partial charge >= 0.3 is 0 Å². The summed E-state index contributed by atoms with van der Waals surface area (Å²) >= 11 is 6.91. The lowest BCUT2D eigenvalue weighted by atomic mass is 10.3. The molecule has 0 bridgehead atoms. The van der Waals surface area contributed by atoms with Gasteiger partial charge in [0.1, 0.15) is 0 Å². The molecule has 4 heteroatoms. The molecule has 0 fully saturated rings. The maximum absolute atomic E-state index is 10.4. The quantitative estimate of drug-likeness (QED) is 0.667. The molecule has 0 aromatic carbocycles. The van der Waals surface area contributed by atoms with E-state index in [1.807, 2.05) is 0 Å². The second kappa shape index (κ2) is 2.37. The number of primary amides is 1. The highest BCUT2D eigenvalue weighted by atomic mass is 35.5. The minimum Gasteiger partial charge on any atom is -0.366 e. The fourth-order valence-electron chi connectivity index (χ4n) is 0.457. The fourth-order valence-corrected chi connectivity index (χ4v) is 1.52. The largest absolute Gasteiger partial charge is 0.366 e. The topological polar surface area (TPSA) is 43.1 Å². The van der Waals surface area contributed by atoms with Crippen molar-refractivity contribution in [1.29, 1.82) is 0 Å². The van der Waals surface area contributed by atoms with E-state index in [4.69, 9.17) is 17.3 Å². The van der Waals surface area contributed by atoms with Crippen molar-refractivity contribution in [3.8, 4) is 0 Å². The van der Waals surface area contributed by atoms with Crippen molar-refractivity contribution in [3.63, 3.8) is 0 Å². The molecule has 9 heavy (non-hydrogen) atoms. The summed E-state index contributed by atoms with van der Waals surface area (Å²) in [6, 6.07) is 0. The zero-order chi connectivity index (χ0) is 6.85. The first kappa shape index (κ1) is 6.58. The number of nitrogens with two attached hydrogens (primary N) is 1. The van der Waals surface area contributed by atoms with Crippen molar-refractivity contribution in [2.24, 2.45) is 5.73 Å². The van der Waals surface area contributed by atoms with E-state index >= 15 is 0 Å². The van der Waals surface area contributed by atoms with Crippen molar-refractivity contribution in [2.75, 3.05) is 0 Å². The molecule has 0 saturated heterocycles. The van der Waals surface area contributed by atoms with Gasteiger partial charge in [-0.15, -0.1) is 11.3 Å². The average molecular weight is 162 g/mol. The number of carbonyl (C=O) groups is 1. The first-order valence-electron chi connectivity index (χ1n) is 2.23. The van der Waals surface area contributed by atoms with Crippen molar-refractivity contribution in [1.82, 2.24) is 0 Å². The summed E-state index contributed by atoms with van der Waals surface area (Å²) in [7, 11) is 0. The highest BCUT2D eigenvalue weighted by Crippen LogP contribution is 2.19. The highest BCUT2D eigenvalue weighted by Gasteiger charge is 2.04. The van der Waals surface area contributed by atoms with Crippen LogP contribution in [-0.2, 0) is 0 Å². The van der Waals surface area contributed by atoms with Gasteiger partial charge in [-0.25, -0.2) is 0 Å². The second-order valence-electron chi connectivity index (χ2n) is 1.50. The van der Waals surface area contributed by atoms with Gasteiger partial charge < -0.3 is 5.73 Å². The van der Waals surface area contributed by atoms with Crippen LogP contribution in [0.2, 0.25) is 5.02 Å². The van der Waals surface area contributed by atoms with Gasteiger partial charge in [0.15, 0.2) is 0 Å². The third kappa shape index (κ3) is 1.23. The van der Waals surface area contributed by atoms with Crippen LogP contribution in [0.1, 0.15) is 10.4 Å². The van der Waals surface area contributed by atoms with E-state index < -0.39 is 5.91 Å². The Labute approximate surface area is 61.2 Å². The summed E-state index contributed by atoms with van der Waals surface area (Å²) in [5, 5.41) is 3.74. The van der Waals surface area contributed by atoms with Crippen molar-refractivity contribution in [3.05, 3.63) is 21.3 Å². The Bertz CT molecular complexity index is 233. The van der Waals surface area contributed by atoms with E-state index in [-0.39, 0.29) is 0 Å². The third-order valence-electron chi connectivity index (χ3n) is 0.880.